The van der Waals surface area contributed by atoms with E-state index in [1.54, 1.807) is 6.92 Å². The maximum atomic E-state index is 11.1. The number of rotatable bonds is 4. The monoisotopic (exact) mass is 249 g/mol. The number of carbonyl (C=O) groups is 3. The van der Waals surface area contributed by atoms with E-state index in [0.717, 1.165) is 6.92 Å². The fourth-order valence-corrected chi connectivity index (χ4v) is 0.625. The van der Waals surface area contributed by atoms with Crippen molar-refractivity contribution < 1.29 is 23.9 Å². The number of imide groups is 1. The molecule has 0 bridgehead atoms. The molecule has 0 aromatic rings. The molecule has 0 rings (SSSR count). The zero-order chi connectivity index (χ0) is 12.7. The Labute approximate surface area is 97.9 Å². The Morgan fingerprint density at radius 3 is 2.38 bits per heavy atom. The molecule has 0 aliphatic carbocycles. The van der Waals surface area contributed by atoms with Gasteiger partial charge in [-0.25, -0.2) is 9.59 Å². The number of halogens is 1. The molecule has 0 atom stereocenters. The average Bonchev–Trinajstić information content (AvgIpc) is 2.24. The highest BCUT2D eigenvalue weighted by Gasteiger charge is 2.21. The number of esters is 1. The van der Waals surface area contributed by atoms with Crippen LogP contribution in [0.3, 0.4) is 0 Å². The minimum atomic E-state index is -1.20. The standard InChI is InChI=1S/C9H12ClNO5/c1-4-5-15-8(13)6(2)16-9(14)11(10)7(3)12/h2,4-5H2,1,3H3. The Kier molecular flexibility index (Phi) is 6.17. The van der Waals surface area contributed by atoms with E-state index in [1.165, 1.54) is 0 Å². The van der Waals surface area contributed by atoms with Crippen molar-refractivity contribution in [1.29, 1.82) is 0 Å². The number of hydrogen-bond acceptors (Lipinski definition) is 5. The van der Waals surface area contributed by atoms with Crippen molar-refractivity contribution in [2.24, 2.45) is 0 Å². The smallest absolute Gasteiger partial charge is 0.437 e. The van der Waals surface area contributed by atoms with Crippen molar-refractivity contribution >= 4 is 29.7 Å². The van der Waals surface area contributed by atoms with Gasteiger partial charge in [0.1, 0.15) is 0 Å². The minimum absolute atomic E-state index is 0.187. The van der Waals surface area contributed by atoms with Crippen LogP contribution in [0, 0.1) is 0 Å². The molecular formula is C9H12ClNO5. The van der Waals surface area contributed by atoms with E-state index in [0.29, 0.717) is 6.42 Å². The van der Waals surface area contributed by atoms with Crippen LogP contribution in [-0.2, 0) is 19.1 Å². The molecule has 7 heteroatoms. The summed E-state index contributed by atoms with van der Waals surface area (Å²) in [7, 11) is 0. The first-order valence-electron chi connectivity index (χ1n) is 4.44. The van der Waals surface area contributed by atoms with E-state index < -0.39 is 23.7 Å². The van der Waals surface area contributed by atoms with Gasteiger partial charge in [-0.3, -0.25) is 4.79 Å². The normalized spacial score (nSPS) is 9.19. The molecule has 0 N–H and O–H groups in total. The number of nitrogens with zero attached hydrogens (tertiary/aromatic N) is 1. The molecule has 0 radical (unpaired) electrons. The van der Waals surface area contributed by atoms with Crippen molar-refractivity contribution in [3.8, 4) is 0 Å². The number of amides is 2. The third-order valence-electron chi connectivity index (χ3n) is 1.31. The summed E-state index contributed by atoms with van der Waals surface area (Å²) in [5, 5.41) is 0. The van der Waals surface area contributed by atoms with E-state index in [-0.39, 0.29) is 11.0 Å². The van der Waals surface area contributed by atoms with Crippen molar-refractivity contribution in [3.63, 3.8) is 0 Å². The lowest BCUT2D eigenvalue weighted by Gasteiger charge is -2.10. The Balaban J connectivity index is 4.19. The SMILES string of the molecule is C=C(OC(=O)N(Cl)C(C)=O)C(=O)OCCC. The van der Waals surface area contributed by atoms with Gasteiger partial charge in [0.2, 0.25) is 11.7 Å². The highest BCUT2D eigenvalue weighted by Crippen LogP contribution is 2.05. The van der Waals surface area contributed by atoms with Crippen LogP contribution in [0.1, 0.15) is 20.3 Å². The van der Waals surface area contributed by atoms with E-state index >= 15 is 0 Å². The number of carbonyl (C=O) groups excluding carboxylic acids is 3. The van der Waals surface area contributed by atoms with Crippen molar-refractivity contribution in [3.05, 3.63) is 12.3 Å². The maximum absolute atomic E-state index is 11.1. The quantitative estimate of drug-likeness (QED) is 0.327. The van der Waals surface area contributed by atoms with E-state index in [2.05, 4.69) is 16.1 Å². The molecule has 6 nitrogen and oxygen atoms in total. The van der Waals surface area contributed by atoms with Gasteiger partial charge < -0.3 is 9.47 Å². The van der Waals surface area contributed by atoms with Gasteiger partial charge in [-0.2, -0.15) is 4.42 Å². The van der Waals surface area contributed by atoms with Crippen LogP contribution in [0.5, 0.6) is 0 Å². The molecule has 0 aliphatic heterocycles. The summed E-state index contributed by atoms with van der Waals surface area (Å²) in [6.07, 6.45) is -0.574. The molecule has 0 fully saturated rings. The van der Waals surface area contributed by atoms with Crippen LogP contribution < -0.4 is 0 Å². The number of hydrogen-bond donors (Lipinski definition) is 0. The Morgan fingerprint density at radius 2 is 1.94 bits per heavy atom. The second kappa shape index (κ2) is 6.84. The van der Waals surface area contributed by atoms with Crippen LogP contribution in [-0.4, -0.2) is 29.0 Å². The Bertz CT molecular complexity index is 315. The fraction of sp³-hybridized carbons (Fsp3) is 0.444. The Morgan fingerprint density at radius 1 is 1.38 bits per heavy atom. The Hall–Kier alpha value is -1.56. The topological polar surface area (TPSA) is 72.9 Å². The highest BCUT2D eigenvalue weighted by atomic mass is 35.5. The van der Waals surface area contributed by atoms with Crippen LogP contribution in [0.25, 0.3) is 0 Å². The maximum Gasteiger partial charge on any atom is 0.437 e. The van der Waals surface area contributed by atoms with Crippen LogP contribution in [0.2, 0.25) is 0 Å². The molecule has 0 aromatic heterocycles. The zero-order valence-electron chi connectivity index (χ0n) is 8.99. The number of ether oxygens (including phenoxy) is 2. The molecule has 90 valence electrons. The van der Waals surface area contributed by atoms with Crippen molar-refractivity contribution in [1.82, 2.24) is 4.42 Å². The van der Waals surface area contributed by atoms with E-state index in [4.69, 9.17) is 11.8 Å². The molecule has 0 heterocycles. The van der Waals surface area contributed by atoms with Gasteiger partial charge in [-0.05, 0) is 13.0 Å². The van der Waals surface area contributed by atoms with E-state index in [1.807, 2.05) is 0 Å². The van der Waals surface area contributed by atoms with Crippen molar-refractivity contribution in [2.75, 3.05) is 6.61 Å². The first-order chi connectivity index (χ1) is 7.40. The van der Waals surface area contributed by atoms with Gasteiger partial charge in [0.05, 0.1) is 6.61 Å². The molecule has 0 spiro atoms. The second-order valence-corrected chi connectivity index (χ2v) is 3.06. The molecule has 0 aromatic carbocycles. The lowest BCUT2D eigenvalue weighted by molar-refractivity contribution is -0.142. The lowest BCUT2D eigenvalue weighted by Crippen LogP contribution is -2.28. The predicted molar refractivity (Wildman–Crippen MR) is 55.2 cm³/mol. The predicted octanol–water partition coefficient (Wildman–Crippen LogP) is 1.59. The zero-order valence-corrected chi connectivity index (χ0v) is 9.74. The molecule has 0 saturated carbocycles. The molecule has 2 amide bonds. The van der Waals surface area contributed by atoms with Crippen LogP contribution in [0.15, 0.2) is 12.3 Å². The molecule has 0 unspecified atom stereocenters. The van der Waals surface area contributed by atoms with Gasteiger partial charge >= 0.3 is 12.1 Å². The summed E-state index contributed by atoms with van der Waals surface area (Å²) in [6.45, 7) is 6.23. The first-order valence-corrected chi connectivity index (χ1v) is 4.78. The summed E-state index contributed by atoms with van der Waals surface area (Å²) in [4.78, 5) is 32.8. The molecular weight excluding hydrogens is 238 g/mol. The highest BCUT2D eigenvalue weighted by molar-refractivity contribution is 6.28. The molecule has 16 heavy (non-hydrogen) atoms. The van der Waals surface area contributed by atoms with Crippen LogP contribution >= 0.6 is 11.8 Å². The van der Waals surface area contributed by atoms with Gasteiger partial charge in [-0.15, -0.1) is 0 Å². The summed E-state index contributed by atoms with van der Waals surface area (Å²) in [5.74, 6) is -2.13. The molecule has 0 saturated heterocycles. The lowest BCUT2D eigenvalue weighted by atomic mass is 10.5. The molecule has 0 aliphatic rings. The summed E-state index contributed by atoms with van der Waals surface area (Å²) in [5.41, 5.74) is 0. The minimum Gasteiger partial charge on any atom is -0.460 e. The second-order valence-electron chi connectivity index (χ2n) is 2.73. The van der Waals surface area contributed by atoms with E-state index in [9.17, 15) is 14.4 Å². The third kappa shape index (κ3) is 4.79. The summed E-state index contributed by atoms with van der Waals surface area (Å²) < 4.78 is 9.22. The first kappa shape index (κ1) is 14.4. The third-order valence-corrected chi connectivity index (χ3v) is 1.69. The van der Waals surface area contributed by atoms with Gasteiger partial charge in [0, 0.05) is 18.7 Å². The van der Waals surface area contributed by atoms with Gasteiger partial charge in [0.15, 0.2) is 0 Å². The largest absolute Gasteiger partial charge is 0.460 e. The summed E-state index contributed by atoms with van der Waals surface area (Å²) >= 11 is 5.24. The summed E-state index contributed by atoms with van der Waals surface area (Å²) in [6, 6.07) is 0. The van der Waals surface area contributed by atoms with Crippen molar-refractivity contribution in [2.45, 2.75) is 20.3 Å². The fourth-order valence-electron chi connectivity index (χ4n) is 0.591. The van der Waals surface area contributed by atoms with Gasteiger partial charge in [-0.1, -0.05) is 6.92 Å². The van der Waals surface area contributed by atoms with Gasteiger partial charge in [0.25, 0.3) is 0 Å². The average molecular weight is 250 g/mol. The van der Waals surface area contributed by atoms with Crippen LogP contribution in [0.4, 0.5) is 4.79 Å².